The van der Waals surface area contributed by atoms with E-state index in [1.807, 2.05) is 33.8 Å². The molecule has 18 heavy (non-hydrogen) atoms. The van der Waals surface area contributed by atoms with E-state index in [1.165, 1.54) is 0 Å². The molecule has 0 spiro atoms. The highest BCUT2D eigenvalue weighted by molar-refractivity contribution is 5.57. The van der Waals surface area contributed by atoms with Crippen molar-refractivity contribution in [2.24, 2.45) is 11.1 Å². The van der Waals surface area contributed by atoms with Gasteiger partial charge in [-0.2, -0.15) is 4.98 Å². The summed E-state index contributed by atoms with van der Waals surface area (Å²) in [5.41, 5.74) is 7.91. The number of hydrogen-bond acceptors (Lipinski definition) is 5. The van der Waals surface area contributed by atoms with Crippen molar-refractivity contribution in [3.8, 4) is 11.4 Å². The number of nitrogens with two attached hydrogens (primary N) is 1. The first-order valence-corrected chi connectivity index (χ1v) is 5.90. The van der Waals surface area contributed by atoms with Crippen LogP contribution in [0.1, 0.15) is 38.3 Å². The second kappa shape index (κ2) is 4.49. The molecule has 2 rings (SSSR count). The van der Waals surface area contributed by atoms with Crippen LogP contribution in [0.25, 0.3) is 11.4 Å². The summed E-state index contributed by atoms with van der Waals surface area (Å²) in [6, 6.07) is 1.59. The summed E-state index contributed by atoms with van der Waals surface area (Å²) in [5.74, 6) is 1.03. The Kier molecular flexibility index (Phi) is 3.17. The lowest BCUT2D eigenvalue weighted by molar-refractivity contribution is 0.253. The summed E-state index contributed by atoms with van der Waals surface area (Å²) in [7, 11) is 0. The molecule has 2 N–H and O–H groups in total. The molecule has 96 valence electrons. The molecule has 0 unspecified atom stereocenters. The van der Waals surface area contributed by atoms with Crippen LogP contribution in [0.2, 0.25) is 0 Å². The van der Waals surface area contributed by atoms with E-state index in [9.17, 15) is 0 Å². The van der Waals surface area contributed by atoms with E-state index in [-0.39, 0.29) is 11.5 Å². The maximum Gasteiger partial charge on any atom is 0.244 e. The molecule has 0 saturated heterocycles. The Bertz CT molecular complexity index is 542. The fourth-order valence-corrected chi connectivity index (χ4v) is 1.57. The molecule has 0 aliphatic carbocycles. The number of rotatable bonds is 2. The molecule has 5 nitrogen and oxygen atoms in total. The minimum absolute atomic E-state index is 0.114. The van der Waals surface area contributed by atoms with Crippen molar-refractivity contribution in [3.63, 3.8) is 0 Å². The fraction of sp³-hybridized carbons (Fsp3) is 0.462. The summed E-state index contributed by atoms with van der Waals surface area (Å²) >= 11 is 0. The van der Waals surface area contributed by atoms with Crippen molar-refractivity contribution in [1.29, 1.82) is 0 Å². The topological polar surface area (TPSA) is 77.8 Å². The van der Waals surface area contributed by atoms with Crippen LogP contribution < -0.4 is 5.73 Å². The van der Waals surface area contributed by atoms with Gasteiger partial charge in [0.1, 0.15) is 0 Å². The summed E-state index contributed by atoms with van der Waals surface area (Å²) < 4.78 is 5.26. The molecule has 0 aliphatic heterocycles. The van der Waals surface area contributed by atoms with E-state index in [2.05, 4.69) is 15.1 Å². The minimum Gasteiger partial charge on any atom is -0.337 e. The van der Waals surface area contributed by atoms with E-state index in [0.717, 1.165) is 11.1 Å². The lowest BCUT2D eigenvalue weighted by Crippen LogP contribution is -2.26. The molecular formula is C13H18N4O. The molecule has 0 bridgehead atoms. The average Bonchev–Trinajstić information content (AvgIpc) is 2.76. The zero-order chi connectivity index (χ0) is 13.3. The van der Waals surface area contributed by atoms with Gasteiger partial charge in [0.25, 0.3) is 0 Å². The predicted molar refractivity (Wildman–Crippen MR) is 68.6 cm³/mol. The van der Waals surface area contributed by atoms with Crippen LogP contribution in [0.5, 0.6) is 0 Å². The molecule has 0 fully saturated rings. The number of pyridine rings is 1. The number of aromatic nitrogens is 3. The quantitative estimate of drug-likeness (QED) is 0.880. The highest BCUT2D eigenvalue weighted by Crippen LogP contribution is 2.30. The SMILES string of the molecule is Cc1cnccc1-c1noc([C@H](N)C(C)(C)C)n1. The lowest BCUT2D eigenvalue weighted by atomic mass is 9.87. The molecule has 0 aliphatic rings. The number of aryl methyl sites for hydroxylation is 1. The fourth-order valence-electron chi connectivity index (χ4n) is 1.57. The monoisotopic (exact) mass is 246 g/mol. The largest absolute Gasteiger partial charge is 0.337 e. The molecule has 0 radical (unpaired) electrons. The molecular weight excluding hydrogens is 228 g/mol. The second-order valence-corrected chi connectivity index (χ2v) is 5.49. The third kappa shape index (κ3) is 2.41. The van der Waals surface area contributed by atoms with Crippen LogP contribution in [0.3, 0.4) is 0 Å². The van der Waals surface area contributed by atoms with Gasteiger partial charge in [-0.3, -0.25) is 4.98 Å². The minimum atomic E-state index is -0.277. The normalized spacial score (nSPS) is 13.6. The Morgan fingerprint density at radius 1 is 1.33 bits per heavy atom. The Balaban J connectivity index is 2.35. The first-order chi connectivity index (χ1) is 8.39. The van der Waals surface area contributed by atoms with E-state index in [0.29, 0.717) is 11.7 Å². The summed E-state index contributed by atoms with van der Waals surface area (Å²) in [6.07, 6.45) is 3.48. The molecule has 0 aromatic carbocycles. The molecule has 2 aromatic rings. The van der Waals surface area contributed by atoms with Gasteiger partial charge >= 0.3 is 0 Å². The maximum atomic E-state index is 6.09. The Morgan fingerprint density at radius 2 is 2.06 bits per heavy atom. The first-order valence-electron chi connectivity index (χ1n) is 5.90. The first kappa shape index (κ1) is 12.7. The highest BCUT2D eigenvalue weighted by atomic mass is 16.5. The van der Waals surface area contributed by atoms with Crippen LogP contribution in [0, 0.1) is 12.3 Å². The van der Waals surface area contributed by atoms with Gasteiger partial charge in [0.2, 0.25) is 11.7 Å². The average molecular weight is 246 g/mol. The van der Waals surface area contributed by atoms with Gasteiger partial charge in [0, 0.05) is 18.0 Å². The van der Waals surface area contributed by atoms with Crippen LogP contribution in [-0.2, 0) is 0 Å². The molecule has 1 atom stereocenters. The van der Waals surface area contributed by atoms with E-state index < -0.39 is 0 Å². The Morgan fingerprint density at radius 3 is 2.67 bits per heavy atom. The van der Waals surface area contributed by atoms with Crippen molar-refractivity contribution >= 4 is 0 Å². The van der Waals surface area contributed by atoms with Gasteiger partial charge in [-0.1, -0.05) is 25.9 Å². The van der Waals surface area contributed by atoms with Crippen LogP contribution >= 0.6 is 0 Å². The van der Waals surface area contributed by atoms with Gasteiger partial charge in [-0.05, 0) is 24.0 Å². The van der Waals surface area contributed by atoms with Crippen molar-refractivity contribution < 1.29 is 4.52 Å². The third-order valence-electron chi connectivity index (χ3n) is 2.90. The Labute approximate surface area is 106 Å². The highest BCUT2D eigenvalue weighted by Gasteiger charge is 2.27. The standard InChI is InChI=1S/C13H18N4O/c1-8-7-15-6-5-9(8)11-16-12(18-17-11)10(14)13(2,3)4/h5-7,10H,14H2,1-4H3/t10-/m0/s1. The predicted octanol–water partition coefficient (Wildman–Crippen LogP) is 2.49. The summed E-state index contributed by atoms with van der Waals surface area (Å²) in [5, 5.41) is 3.99. The van der Waals surface area contributed by atoms with Crippen molar-refractivity contribution in [3.05, 3.63) is 29.9 Å². The summed E-state index contributed by atoms with van der Waals surface area (Å²) in [4.78, 5) is 8.42. The molecule has 2 aromatic heterocycles. The van der Waals surface area contributed by atoms with Gasteiger partial charge < -0.3 is 10.3 Å². The van der Waals surface area contributed by atoms with E-state index >= 15 is 0 Å². The zero-order valence-corrected chi connectivity index (χ0v) is 11.1. The molecule has 5 heteroatoms. The number of hydrogen-bond donors (Lipinski definition) is 1. The molecule has 2 heterocycles. The van der Waals surface area contributed by atoms with Gasteiger partial charge in [0.05, 0.1) is 6.04 Å². The molecule has 0 saturated carbocycles. The Hall–Kier alpha value is -1.75. The third-order valence-corrected chi connectivity index (χ3v) is 2.90. The van der Waals surface area contributed by atoms with Crippen LogP contribution in [0.15, 0.2) is 23.0 Å². The van der Waals surface area contributed by atoms with Crippen molar-refractivity contribution in [2.75, 3.05) is 0 Å². The van der Waals surface area contributed by atoms with Gasteiger partial charge in [-0.15, -0.1) is 0 Å². The second-order valence-electron chi connectivity index (χ2n) is 5.49. The smallest absolute Gasteiger partial charge is 0.244 e. The van der Waals surface area contributed by atoms with E-state index in [1.54, 1.807) is 12.4 Å². The van der Waals surface area contributed by atoms with E-state index in [4.69, 9.17) is 10.3 Å². The van der Waals surface area contributed by atoms with Crippen LogP contribution in [0.4, 0.5) is 0 Å². The van der Waals surface area contributed by atoms with Gasteiger partial charge in [-0.25, -0.2) is 0 Å². The van der Waals surface area contributed by atoms with Gasteiger partial charge in [0.15, 0.2) is 0 Å². The summed E-state index contributed by atoms with van der Waals surface area (Å²) in [6.45, 7) is 8.08. The maximum absolute atomic E-state index is 6.09. The number of nitrogens with zero attached hydrogens (tertiary/aromatic N) is 3. The van der Waals surface area contributed by atoms with Crippen LogP contribution in [-0.4, -0.2) is 15.1 Å². The lowest BCUT2D eigenvalue weighted by Gasteiger charge is -2.23. The molecule has 0 amide bonds. The van der Waals surface area contributed by atoms with Crippen molar-refractivity contribution in [2.45, 2.75) is 33.7 Å². The van der Waals surface area contributed by atoms with Crippen molar-refractivity contribution in [1.82, 2.24) is 15.1 Å². The zero-order valence-electron chi connectivity index (χ0n) is 11.1.